The van der Waals surface area contributed by atoms with E-state index in [9.17, 15) is 10.4 Å². The average molecular weight is 388 g/mol. The molecule has 8 heteroatoms. The van der Waals surface area contributed by atoms with Gasteiger partial charge in [0.25, 0.3) is 0 Å². The number of nitrogens with zero attached hydrogens (tertiary/aromatic N) is 4. The first-order valence-electron chi connectivity index (χ1n) is 9.11. The van der Waals surface area contributed by atoms with Crippen molar-refractivity contribution in [3.63, 3.8) is 0 Å². The molecule has 4 rings (SSSR count). The van der Waals surface area contributed by atoms with Gasteiger partial charge in [0, 0.05) is 29.9 Å². The van der Waals surface area contributed by atoms with E-state index < -0.39 is 5.41 Å². The van der Waals surface area contributed by atoms with Crippen LogP contribution in [-0.2, 0) is 5.41 Å². The number of anilines is 3. The zero-order valence-corrected chi connectivity index (χ0v) is 16.1. The highest BCUT2D eigenvalue weighted by Gasteiger charge is 2.35. The molecule has 3 N–H and O–H groups in total. The van der Waals surface area contributed by atoms with Gasteiger partial charge in [-0.15, -0.1) is 0 Å². The van der Waals surface area contributed by atoms with Gasteiger partial charge in [0.1, 0.15) is 6.07 Å². The third-order valence-corrected chi connectivity index (χ3v) is 5.09. The van der Waals surface area contributed by atoms with E-state index in [-0.39, 0.29) is 6.61 Å². The van der Waals surface area contributed by atoms with Crippen LogP contribution in [-0.4, -0.2) is 40.3 Å². The summed E-state index contributed by atoms with van der Waals surface area (Å²) in [6.07, 6.45) is 3.29. The smallest absolute Gasteiger partial charge is 0.228 e. The number of nitrogens with one attached hydrogen (secondary N) is 2. The van der Waals surface area contributed by atoms with Crippen LogP contribution in [0.25, 0.3) is 11.3 Å². The zero-order chi connectivity index (χ0) is 20.4. The lowest BCUT2D eigenvalue weighted by atomic mass is 9.83. The molecule has 8 nitrogen and oxygen atoms in total. The molecule has 0 unspecified atom stereocenters. The van der Waals surface area contributed by atoms with E-state index in [1.54, 1.807) is 43.8 Å². The summed E-state index contributed by atoms with van der Waals surface area (Å²) in [5, 5.41) is 25.8. The fourth-order valence-electron chi connectivity index (χ4n) is 3.40. The quantitative estimate of drug-likeness (QED) is 0.611. The third-order valence-electron chi connectivity index (χ3n) is 5.09. The molecule has 146 valence electrons. The van der Waals surface area contributed by atoms with Crippen molar-refractivity contribution < 1.29 is 9.84 Å². The molecule has 1 aliphatic heterocycles. The predicted molar refractivity (Wildman–Crippen MR) is 109 cm³/mol. The maximum absolute atomic E-state index is 9.88. The van der Waals surface area contributed by atoms with Gasteiger partial charge in [-0.2, -0.15) is 5.26 Å². The van der Waals surface area contributed by atoms with Crippen molar-refractivity contribution >= 4 is 17.5 Å². The van der Waals surface area contributed by atoms with Crippen molar-refractivity contribution in [2.75, 3.05) is 30.9 Å². The Morgan fingerprint density at radius 1 is 1.31 bits per heavy atom. The van der Waals surface area contributed by atoms with Crippen molar-refractivity contribution in [2.24, 2.45) is 0 Å². The van der Waals surface area contributed by atoms with E-state index >= 15 is 0 Å². The highest BCUT2D eigenvalue weighted by atomic mass is 16.5. The first kappa shape index (κ1) is 18.7. The van der Waals surface area contributed by atoms with Crippen molar-refractivity contribution in [1.82, 2.24) is 15.0 Å². The summed E-state index contributed by atoms with van der Waals surface area (Å²) in [4.78, 5) is 13.1. The second-order valence-electron chi connectivity index (χ2n) is 7.08. The Hall–Kier alpha value is -3.70. The van der Waals surface area contributed by atoms with E-state index in [1.165, 1.54) is 0 Å². The Bertz CT molecular complexity index is 1110. The van der Waals surface area contributed by atoms with Crippen molar-refractivity contribution in [3.8, 4) is 23.1 Å². The predicted octanol–water partition coefficient (Wildman–Crippen LogP) is 2.84. The van der Waals surface area contributed by atoms with Gasteiger partial charge < -0.3 is 20.5 Å². The lowest BCUT2D eigenvalue weighted by Crippen LogP contribution is -2.28. The molecule has 0 saturated heterocycles. The van der Waals surface area contributed by atoms with Crippen LogP contribution in [0.1, 0.15) is 18.1 Å². The first-order valence-corrected chi connectivity index (χ1v) is 9.11. The van der Waals surface area contributed by atoms with Gasteiger partial charge in [-0.1, -0.05) is 6.92 Å². The maximum Gasteiger partial charge on any atom is 0.228 e. The Morgan fingerprint density at radius 3 is 2.93 bits per heavy atom. The minimum Gasteiger partial charge on any atom is -0.493 e. The summed E-state index contributed by atoms with van der Waals surface area (Å²) in [6, 6.07) is 11.4. The van der Waals surface area contributed by atoms with Crippen LogP contribution in [0.3, 0.4) is 0 Å². The number of aliphatic hydroxyl groups is 1. The van der Waals surface area contributed by atoms with Crippen molar-refractivity contribution in [1.29, 1.82) is 5.26 Å². The second kappa shape index (κ2) is 7.37. The Balaban J connectivity index is 1.74. The number of methoxy groups -OCH3 is 1. The number of hydrogen-bond acceptors (Lipinski definition) is 8. The van der Waals surface area contributed by atoms with Crippen LogP contribution < -0.4 is 15.4 Å². The number of aromatic nitrogens is 3. The molecule has 0 saturated carbocycles. The van der Waals surface area contributed by atoms with E-state index in [1.807, 2.05) is 13.0 Å². The lowest BCUT2D eigenvalue weighted by Gasteiger charge is -2.21. The monoisotopic (exact) mass is 388 g/mol. The molecular formula is C21H20N6O2. The summed E-state index contributed by atoms with van der Waals surface area (Å²) >= 11 is 0. The molecule has 0 aliphatic carbocycles. The Kier molecular flexibility index (Phi) is 4.74. The Morgan fingerprint density at radius 2 is 2.17 bits per heavy atom. The molecule has 1 aliphatic rings. The maximum atomic E-state index is 9.88. The molecule has 3 heterocycles. The molecule has 0 radical (unpaired) electrons. The number of fused-ring (bicyclic) bond motifs is 1. The molecule has 0 bridgehead atoms. The number of ether oxygens (including phenoxy) is 1. The summed E-state index contributed by atoms with van der Waals surface area (Å²) in [7, 11) is 1.57. The highest BCUT2D eigenvalue weighted by Crippen LogP contribution is 2.41. The topological polar surface area (TPSA) is 116 Å². The van der Waals surface area contributed by atoms with E-state index in [4.69, 9.17) is 4.74 Å². The van der Waals surface area contributed by atoms with Crippen LogP contribution in [0.5, 0.6) is 5.75 Å². The van der Waals surface area contributed by atoms with Gasteiger partial charge in [0.2, 0.25) is 5.95 Å². The molecule has 0 spiro atoms. The molecule has 3 aromatic rings. The number of aliphatic hydroxyl groups excluding tert-OH is 1. The molecule has 29 heavy (non-hydrogen) atoms. The number of nitriles is 1. The van der Waals surface area contributed by atoms with Crippen LogP contribution >= 0.6 is 0 Å². The van der Waals surface area contributed by atoms with Gasteiger partial charge in [0.05, 0.1) is 30.7 Å². The zero-order valence-electron chi connectivity index (χ0n) is 16.1. The SMILES string of the molecule is COc1cccnc1Nc1nccc(-c2cc(C#N)c3c(c2)[C@@](C)(CO)CN3)n1. The van der Waals surface area contributed by atoms with Gasteiger partial charge in [-0.3, -0.25) is 0 Å². The van der Waals surface area contributed by atoms with Crippen LogP contribution in [0.15, 0.2) is 42.7 Å². The largest absolute Gasteiger partial charge is 0.493 e. The number of hydrogen-bond donors (Lipinski definition) is 3. The number of rotatable bonds is 5. The van der Waals surface area contributed by atoms with Gasteiger partial charge in [0.15, 0.2) is 11.6 Å². The highest BCUT2D eigenvalue weighted by molar-refractivity contribution is 5.76. The van der Waals surface area contributed by atoms with Crippen molar-refractivity contribution in [3.05, 3.63) is 53.9 Å². The molecule has 0 fully saturated rings. The summed E-state index contributed by atoms with van der Waals surface area (Å²) in [5.41, 5.74) is 3.19. The van der Waals surface area contributed by atoms with Gasteiger partial charge in [-0.05, 0) is 35.9 Å². The summed E-state index contributed by atoms with van der Waals surface area (Å²) in [6.45, 7) is 2.53. The molecular weight excluding hydrogens is 368 g/mol. The summed E-state index contributed by atoms with van der Waals surface area (Å²) in [5.74, 6) is 1.45. The molecule has 2 aromatic heterocycles. The van der Waals surface area contributed by atoms with E-state index in [0.717, 1.165) is 16.8 Å². The van der Waals surface area contributed by atoms with Crippen LogP contribution in [0.2, 0.25) is 0 Å². The minimum atomic E-state index is -0.452. The van der Waals surface area contributed by atoms with E-state index in [0.29, 0.717) is 35.3 Å². The van der Waals surface area contributed by atoms with Crippen molar-refractivity contribution in [2.45, 2.75) is 12.3 Å². The number of pyridine rings is 1. The average Bonchev–Trinajstić information content (AvgIpc) is 3.11. The third kappa shape index (κ3) is 3.32. The van der Waals surface area contributed by atoms with E-state index in [2.05, 4.69) is 31.7 Å². The van der Waals surface area contributed by atoms with Gasteiger partial charge >= 0.3 is 0 Å². The minimum absolute atomic E-state index is 0.0165. The molecule has 1 aromatic carbocycles. The first-order chi connectivity index (χ1) is 14.1. The Labute approximate surface area is 168 Å². The molecule has 0 amide bonds. The van der Waals surface area contributed by atoms with Crippen LogP contribution in [0.4, 0.5) is 17.5 Å². The molecule has 1 atom stereocenters. The lowest BCUT2D eigenvalue weighted by molar-refractivity contribution is 0.219. The normalized spacial score (nSPS) is 17.2. The fraction of sp³-hybridized carbons (Fsp3) is 0.238. The number of benzene rings is 1. The second-order valence-corrected chi connectivity index (χ2v) is 7.08. The van der Waals surface area contributed by atoms with Crippen LogP contribution in [0, 0.1) is 11.3 Å². The summed E-state index contributed by atoms with van der Waals surface area (Å²) < 4.78 is 5.30. The standard InChI is InChI=1S/C21H20N6O2/c1-21(12-28)11-25-18-14(10-22)8-13(9-15(18)21)16-5-7-24-20(26-16)27-19-17(29-2)4-3-6-23-19/h3-9,25,28H,11-12H2,1-2H3,(H,23,24,26,27)/t21-/m1/s1. The fourth-order valence-corrected chi connectivity index (χ4v) is 3.40. The van der Waals surface area contributed by atoms with Gasteiger partial charge in [-0.25, -0.2) is 15.0 Å².